The van der Waals surface area contributed by atoms with Crippen LogP contribution in [-0.4, -0.2) is 0 Å². The Bertz CT molecular complexity index is 384. The van der Waals surface area contributed by atoms with Crippen LogP contribution in [0.5, 0.6) is 0 Å². The fourth-order valence-electron chi connectivity index (χ4n) is 2.10. The molecule has 0 unspecified atom stereocenters. The third-order valence-electron chi connectivity index (χ3n) is 3.77. The number of hydrogen-bond acceptors (Lipinski definition) is 0. The predicted molar refractivity (Wildman–Crippen MR) is 122 cm³/mol. The Morgan fingerprint density at radius 2 is 0.692 bits per heavy atom. The minimum Gasteiger partial charge on any atom is -0.0654 e. The zero-order chi connectivity index (χ0) is 19.7. The average Bonchev–Trinajstić information content (AvgIpc) is 2.70. The molecule has 2 aromatic carbocycles. The topological polar surface area (TPSA) is 0 Å². The molecule has 0 aromatic heterocycles. The second kappa shape index (κ2) is 25.7. The zero-order valence-electron chi connectivity index (χ0n) is 18.2. The van der Waals surface area contributed by atoms with Crippen molar-refractivity contribution in [2.24, 2.45) is 0 Å². The van der Waals surface area contributed by atoms with Gasteiger partial charge in [0.25, 0.3) is 0 Å². The minimum atomic E-state index is 1.32. The fraction of sp³-hybridized carbons (Fsp3) is 0.538. The van der Waals surface area contributed by atoms with Crippen molar-refractivity contribution < 1.29 is 0 Å². The highest BCUT2D eigenvalue weighted by atomic mass is 13.9. The molecule has 2 rings (SSSR count). The van der Waals surface area contributed by atoms with Crippen LogP contribution in [0.2, 0.25) is 0 Å². The predicted octanol–water partition coefficient (Wildman–Crippen LogP) is 9.24. The Hall–Kier alpha value is -1.56. The van der Waals surface area contributed by atoms with Crippen molar-refractivity contribution in [2.75, 3.05) is 0 Å². The van der Waals surface area contributed by atoms with Crippen LogP contribution in [-0.2, 0) is 0 Å². The number of rotatable bonds is 7. The van der Waals surface area contributed by atoms with Crippen LogP contribution in [0.3, 0.4) is 0 Å². The Kier molecular flexibility index (Phi) is 26.3. The molecule has 0 atom stereocenters. The molecule has 0 radical (unpaired) electrons. The van der Waals surface area contributed by atoms with Crippen LogP contribution in [0.15, 0.2) is 66.7 Å². The maximum atomic E-state index is 2.25. The van der Waals surface area contributed by atoms with Crippen molar-refractivity contribution in [1.82, 2.24) is 0 Å². The molecule has 0 spiro atoms. The molecule has 0 aliphatic carbocycles. The Morgan fingerprint density at radius 1 is 0.423 bits per heavy atom. The van der Waals surface area contributed by atoms with E-state index in [9.17, 15) is 0 Å². The molecule has 0 aliphatic heterocycles. The summed E-state index contributed by atoms with van der Waals surface area (Å²) in [7, 11) is 0. The molecule has 0 heterocycles. The number of unbranched alkanes of at least 4 members (excludes halogenated alkanes) is 7. The average molecular weight is 357 g/mol. The van der Waals surface area contributed by atoms with Gasteiger partial charge in [0.2, 0.25) is 0 Å². The van der Waals surface area contributed by atoms with E-state index in [0.717, 1.165) is 0 Å². The smallest absolute Gasteiger partial charge is 0.0398 e. The van der Waals surface area contributed by atoms with Crippen LogP contribution in [0.25, 0.3) is 0 Å². The second-order valence-corrected chi connectivity index (χ2v) is 6.58. The molecule has 26 heavy (non-hydrogen) atoms. The first kappa shape index (κ1) is 26.7. The lowest BCUT2D eigenvalue weighted by Crippen LogP contribution is -1.70. The molecule has 2 aromatic rings. The van der Waals surface area contributed by atoms with Crippen molar-refractivity contribution in [3.63, 3.8) is 0 Å². The van der Waals surface area contributed by atoms with E-state index in [1.54, 1.807) is 0 Å². The number of hydrogen-bond donors (Lipinski definition) is 0. The van der Waals surface area contributed by atoms with Gasteiger partial charge >= 0.3 is 0 Å². The first-order valence-corrected chi connectivity index (χ1v) is 10.7. The largest absolute Gasteiger partial charge is 0.0654 e. The standard InChI is InChI=1S/C7H8.C7H16.C6H6.C6H14/c1-7-5-3-2-4-6-7;1-3-5-7-6-4-2;1-2-4-6-5-3-1;1-3-5-6-4-2/h2-6H,1H3;3-7H2,1-2H3;1-6H;3-6H2,1-2H3. The van der Waals surface area contributed by atoms with Crippen molar-refractivity contribution >= 4 is 0 Å². The summed E-state index contributed by atoms with van der Waals surface area (Å²) in [5.41, 5.74) is 1.32. The van der Waals surface area contributed by atoms with Crippen molar-refractivity contribution in [3.05, 3.63) is 72.3 Å². The molecule has 0 saturated carbocycles. The van der Waals surface area contributed by atoms with Gasteiger partial charge < -0.3 is 0 Å². The highest BCUT2D eigenvalue weighted by Crippen LogP contribution is 2.00. The van der Waals surface area contributed by atoms with Crippen LogP contribution in [0, 0.1) is 6.92 Å². The van der Waals surface area contributed by atoms with Crippen LogP contribution >= 0.6 is 0 Å². The second-order valence-electron chi connectivity index (χ2n) is 6.58. The van der Waals surface area contributed by atoms with E-state index in [1.807, 2.05) is 54.6 Å². The Morgan fingerprint density at radius 3 is 0.923 bits per heavy atom. The van der Waals surface area contributed by atoms with Crippen molar-refractivity contribution in [1.29, 1.82) is 0 Å². The quantitative estimate of drug-likeness (QED) is 0.433. The normalized spacial score (nSPS) is 8.81. The van der Waals surface area contributed by atoms with Gasteiger partial charge in [-0.1, -0.05) is 158 Å². The summed E-state index contributed by atoms with van der Waals surface area (Å²) in [6.45, 7) is 11.0. The Labute approximate surface area is 165 Å². The van der Waals surface area contributed by atoms with Crippen LogP contribution < -0.4 is 0 Å². The molecule has 0 heteroatoms. The van der Waals surface area contributed by atoms with Gasteiger partial charge in [0.05, 0.1) is 0 Å². The van der Waals surface area contributed by atoms with Gasteiger partial charge in [0.1, 0.15) is 0 Å². The molecule has 0 bridgehead atoms. The SMILES string of the molecule is CCCCCC.CCCCCCC.Cc1ccccc1.c1ccccc1. The molecular formula is C26H44. The molecule has 0 saturated heterocycles. The van der Waals surface area contributed by atoms with E-state index in [0.29, 0.717) is 0 Å². The van der Waals surface area contributed by atoms with Gasteiger partial charge in [0.15, 0.2) is 0 Å². The fourth-order valence-corrected chi connectivity index (χ4v) is 2.10. The third kappa shape index (κ3) is 27.3. The van der Waals surface area contributed by atoms with Gasteiger partial charge in [-0.2, -0.15) is 0 Å². The maximum Gasteiger partial charge on any atom is -0.0398 e. The van der Waals surface area contributed by atoms with E-state index < -0.39 is 0 Å². The maximum absolute atomic E-state index is 2.25. The Balaban J connectivity index is 0. The third-order valence-corrected chi connectivity index (χ3v) is 3.77. The summed E-state index contributed by atoms with van der Waals surface area (Å²) in [5, 5.41) is 0. The zero-order valence-corrected chi connectivity index (χ0v) is 18.2. The first-order valence-electron chi connectivity index (χ1n) is 10.7. The summed E-state index contributed by atoms with van der Waals surface area (Å²) < 4.78 is 0. The van der Waals surface area contributed by atoms with E-state index in [-0.39, 0.29) is 0 Å². The van der Waals surface area contributed by atoms with Crippen molar-refractivity contribution in [2.45, 2.75) is 92.4 Å². The van der Waals surface area contributed by atoms with E-state index in [1.165, 1.54) is 63.4 Å². The molecule has 0 nitrogen and oxygen atoms in total. The van der Waals surface area contributed by atoms with Gasteiger partial charge in [0, 0.05) is 0 Å². The van der Waals surface area contributed by atoms with E-state index in [2.05, 4.69) is 46.8 Å². The van der Waals surface area contributed by atoms with E-state index in [4.69, 9.17) is 0 Å². The lowest BCUT2D eigenvalue weighted by molar-refractivity contribution is 0.656. The summed E-state index contributed by atoms with van der Waals surface area (Å²) >= 11 is 0. The molecular weight excluding hydrogens is 312 g/mol. The van der Waals surface area contributed by atoms with Gasteiger partial charge in [-0.15, -0.1) is 0 Å². The summed E-state index contributed by atoms with van der Waals surface area (Å²) in [5.74, 6) is 0. The summed E-state index contributed by atoms with van der Waals surface area (Å²) in [6, 6.07) is 22.3. The lowest BCUT2D eigenvalue weighted by atomic mass is 10.2. The molecule has 148 valence electrons. The minimum absolute atomic E-state index is 1.32. The number of aryl methyl sites for hydroxylation is 1. The molecule has 0 N–H and O–H groups in total. The monoisotopic (exact) mass is 356 g/mol. The number of benzene rings is 2. The summed E-state index contributed by atoms with van der Waals surface area (Å²) in [4.78, 5) is 0. The highest BCUT2D eigenvalue weighted by Gasteiger charge is 1.80. The highest BCUT2D eigenvalue weighted by molar-refractivity contribution is 5.11. The molecule has 0 fully saturated rings. The summed E-state index contributed by atoms with van der Waals surface area (Å²) in [6.07, 6.45) is 12.5. The van der Waals surface area contributed by atoms with Gasteiger partial charge in [-0.05, 0) is 6.92 Å². The van der Waals surface area contributed by atoms with Crippen molar-refractivity contribution in [3.8, 4) is 0 Å². The first-order chi connectivity index (χ1) is 12.7. The molecule has 0 amide bonds. The van der Waals surface area contributed by atoms with Crippen LogP contribution in [0.1, 0.15) is 91.0 Å². The molecule has 0 aliphatic rings. The lowest BCUT2D eigenvalue weighted by Gasteiger charge is -1.90. The van der Waals surface area contributed by atoms with E-state index >= 15 is 0 Å². The van der Waals surface area contributed by atoms with Crippen LogP contribution in [0.4, 0.5) is 0 Å². The van der Waals surface area contributed by atoms with Gasteiger partial charge in [-0.3, -0.25) is 0 Å². The van der Waals surface area contributed by atoms with Gasteiger partial charge in [-0.25, -0.2) is 0 Å².